The van der Waals surface area contributed by atoms with Gasteiger partial charge in [-0.05, 0) is 30.7 Å². The van der Waals surface area contributed by atoms with E-state index >= 15 is 0 Å². The van der Waals surface area contributed by atoms with Crippen LogP contribution in [0.4, 0.5) is 0 Å². The predicted octanol–water partition coefficient (Wildman–Crippen LogP) is 2.37. The summed E-state index contributed by atoms with van der Waals surface area (Å²) in [6, 6.07) is 9.78. The molecule has 0 radical (unpaired) electrons. The van der Waals surface area contributed by atoms with Gasteiger partial charge >= 0.3 is 0 Å². The number of hydrogen-bond acceptors (Lipinski definition) is 1. The van der Waals surface area contributed by atoms with Crippen molar-refractivity contribution in [3.05, 3.63) is 48.0 Å². The van der Waals surface area contributed by atoms with Crippen LogP contribution in [0, 0.1) is 11.8 Å². The van der Waals surface area contributed by atoms with Crippen LogP contribution in [0.25, 0.3) is 0 Å². The van der Waals surface area contributed by atoms with Crippen LogP contribution >= 0.6 is 0 Å². The van der Waals surface area contributed by atoms with Gasteiger partial charge in [-0.2, -0.15) is 0 Å². The zero-order valence-corrected chi connectivity index (χ0v) is 8.27. The summed E-state index contributed by atoms with van der Waals surface area (Å²) in [7, 11) is 0. The Morgan fingerprint density at radius 2 is 2.07 bits per heavy atom. The molecule has 14 heavy (non-hydrogen) atoms. The molecule has 0 fully saturated rings. The molecule has 0 aliphatic heterocycles. The van der Waals surface area contributed by atoms with Crippen molar-refractivity contribution in [1.82, 2.24) is 0 Å². The molecule has 0 aliphatic carbocycles. The third kappa shape index (κ3) is 3.93. The average Bonchev–Trinajstić information content (AvgIpc) is 2.25. The van der Waals surface area contributed by atoms with Gasteiger partial charge in [-0.3, -0.25) is 0 Å². The van der Waals surface area contributed by atoms with E-state index in [-0.39, 0.29) is 6.10 Å². The van der Waals surface area contributed by atoms with Gasteiger partial charge in [-0.1, -0.05) is 37.0 Å². The Morgan fingerprint density at radius 1 is 1.36 bits per heavy atom. The number of aliphatic hydroxyl groups excluding tert-OH is 1. The van der Waals surface area contributed by atoms with Crippen molar-refractivity contribution >= 4 is 0 Å². The molecule has 72 valence electrons. The second-order valence-corrected chi connectivity index (χ2v) is 2.97. The van der Waals surface area contributed by atoms with E-state index in [0.29, 0.717) is 0 Å². The summed E-state index contributed by atoms with van der Waals surface area (Å²) in [4.78, 5) is 0. The molecule has 1 aromatic carbocycles. The Hall–Kier alpha value is -1.52. The lowest BCUT2D eigenvalue weighted by Gasteiger charge is -1.95. The van der Waals surface area contributed by atoms with E-state index in [4.69, 9.17) is 0 Å². The molecule has 1 rings (SSSR count). The van der Waals surface area contributed by atoms with Crippen LogP contribution in [0.15, 0.2) is 42.5 Å². The molecule has 0 bridgehead atoms. The van der Waals surface area contributed by atoms with Crippen LogP contribution in [-0.2, 0) is 0 Å². The molecule has 1 atom stereocenters. The van der Waals surface area contributed by atoms with Crippen LogP contribution in [0.2, 0.25) is 0 Å². The number of hydrogen-bond donors (Lipinski definition) is 1. The maximum absolute atomic E-state index is 9.20. The van der Waals surface area contributed by atoms with Crippen LogP contribution < -0.4 is 0 Å². The third-order valence-corrected chi connectivity index (χ3v) is 1.81. The standard InChI is InChI=1S/C13H14O/c1-2-13(14)11-7-6-10-12-8-4-3-5-9-12/h3-5,7-9,11,13-14H,2H2,1H3/b11-7+. The Bertz CT molecular complexity index is 340. The van der Waals surface area contributed by atoms with E-state index in [1.54, 1.807) is 12.2 Å². The zero-order chi connectivity index (χ0) is 10.2. The number of rotatable bonds is 2. The predicted molar refractivity (Wildman–Crippen MR) is 58.8 cm³/mol. The lowest BCUT2D eigenvalue weighted by molar-refractivity contribution is 0.219. The molecule has 0 amide bonds. The fourth-order valence-electron chi connectivity index (χ4n) is 0.942. The first kappa shape index (κ1) is 10.6. The first-order valence-electron chi connectivity index (χ1n) is 4.74. The van der Waals surface area contributed by atoms with E-state index in [9.17, 15) is 5.11 Å². The van der Waals surface area contributed by atoms with Crippen LogP contribution in [-0.4, -0.2) is 11.2 Å². The van der Waals surface area contributed by atoms with Gasteiger partial charge in [-0.25, -0.2) is 0 Å². The Morgan fingerprint density at radius 3 is 2.71 bits per heavy atom. The SMILES string of the molecule is CCC(O)/C=C/C#Cc1ccccc1. The fourth-order valence-corrected chi connectivity index (χ4v) is 0.942. The van der Waals surface area contributed by atoms with Crippen molar-refractivity contribution in [3.63, 3.8) is 0 Å². The third-order valence-electron chi connectivity index (χ3n) is 1.81. The molecule has 0 heterocycles. The molecule has 0 spiro atoms. The molecule has 0 saturated heterocycles. The van der Waals surface area contributed by atoms with Gasteiger partial charge in [0.15, 0.2) is 0 Å². The Labute approximate surface area is 85.1 Å². The van der Waals surface area contributed by atoms with Gasteiger partial charge in [0.05, 0.1) is 6.10 Å². The van der Waals surface area contributed by atoms with Crippen LogP contribution in [0.3, 0.4) is 0 Å². The van der Waals surface area contributed by atoms with Gasteiger partial charge < -0.3 is 5.11 Å². The van der Waals surface area contributed by atoms with E-state index in [0.717, 1.165) is 12.0 Å². The number of aliphatic hydroxyl groups is 1. The summed E-state index contributed by atoms with van der Waals surface area (Å²) in [6.07, 6.45) is 3.75. The second-order valence-electron chi connectivity index (χ2n) is 2.97. The molecule has 1 nitrogen and oxygen atoms in total. The molecule has 1 heteroatoms. The highest BCUT2D eigenvalue weighted by Gasteiger charge is 1.89. The van der Waals surface area contributed by atoms with Crippen molar-refractivity contribution < 1.29 is 5.11 Å². The Kier molecular flexibility index (Phi) is 4.54. The molecule has 1 aromatic rings. The van der Waals surface area contributed by atoms with Crippen molar-refractivity contribution in [2.75, 3.05) is 0 Å². The van der Waals surface area contributed by atoms with E-state index < -0.39 is 0 Å². The van der Waals surface area contributed by atoms with Crippen molar-refractivity contribution in [3.8, 4) is 11.8 Å². The summed E-state index contributed by atoms with van der Waals surface area (Å²) in [5, 5.41) is 9.20. The average molecular weight is 186 g/mol. The molecule has 0 saturated carbocycles. The lowest BCUT2D eigenvalue weighted by Crippen LogP contribution is -1.97. The van der Waals surface area contributed by atoms with E-state index in [1.165, 1.54) is 0 Å². The molecular formula is C13H14O. The maximum Gasteiger partial charge on any atom is 0.0727 e. The first-order chi connectivity index (χ1) is 6.83. The minimum atomic E-state index is -0.375. The number of allylic oxidation sites excluding steroid dienone is 1. The maximum atomic E-state index is 9.20. The van der Waals surface area contributed by atoms with Crippen molar-refractivity contribution in [2.45, 2.75) is 19.4 Å². The number of benzene rings is 1. The van der Waals surface area contributed by atoms with Gasteiger partial charge in [0.1, 0.15) is 0 Å². The van der Waals surface area contributed by atoms with Gasteiger partial charge in [0.2, 0.25) is 0 Å². The summed E-state index contributed by atoms with van der Waals surface area (Å²) in [5.74, 6) is 5.85. The largest absolute Gasteiger partial charge is 0.389 e. The highest BCUT2D eigenvalue weighted by molar-refractivity contribution is 5.36. The molecule has 1 N–H and O–H groups in total. The summed E-state index contributed by atoms with van der Waals surface area (Å²) in [6.45, 7) is 1.93. The molecule has 0 aromatic heterocycles. The minimum absolute atomic E-state index is 0.375. The quantitative estimate of drug-likeness (QED) is 0.703. The minimum Gasteiger partial charge on any atom is -0.389 e. The molecule has 0 aliphatic rings. The van der Waals surface area contributed by atoms with Gasteiger partial charge in [0.25, 0.3) is 0 Å². The van der Waals surface area contributed by atoms with Crippen molar-refractivity contribution in [2.24, 2.45) is 0 Å². The smallest absolute Gasteiger partial charge is 0.0727 e. The highest BCUT2D eigenvalue weighted by atomic mass is 16.3. The summed E-state index contributed by atoms with van der Waals surface area (Å²) in [5.41, 5.74) is 0.989. The monoisotopic (exact) mass is 186 g/mol. The van der Waals surface area contributed by atoms with Crippen LogP contribution in [0.1, 0.15) is 18.9 Å². The molecular weight excluding hydrogens is 172 g/mol. The van der Waals surface area contributed by atoms with Crippen LogP contribution in [0.5, 0.6) is 0 Å². The first-order valence-corrected chi connectivity index (χ1v) is 4.74. The van der Waals surface area contributed by atoms with Crippen molar-refractivity contribution in [1.29, 1.82) is 0 Å². The highest BCUT2D eigenvalue weighted by Crippen LogP contribution is 1.95. The normalized spacial score (nSPS) is 12.1. The summed E-state index contributed by atoms with van der Waals surface area (Å²) >= 11 is 0. The second kappa shape index (κ2) is 6.01. The van der Waals surface area contributed by atoms with Gasteiger partial charge in [-0.15, -0.1) is 0 Å². The van der Waals surface area contributed by atoms with E-state index in [1.807, 2.05) is 37.3 Å². The summed E-state index contributed by atoms with van der Waals surface area (Å²) < 4.78 is 0. The lowest BCUT2D eigenvalue weighted by atomic mass is 10.2. The topological polar surface area (TPSA) is 20.2 Å². The Balaban J connectivity index is 2.53. The zero-order valence-electron chi connectivity index (χ0n) is 8.27. The molecule has 1 unspecified atom stereocenters. The van der Waals surface area contributed by atoms with Gasteiger partial charge in [0, 0.05) is 5.56 Å². The van der Waals surface area contributed by atoms with E-state index in [2.05, 4.69) is 11.8 Å². The fraction of sp³-hybridized carbons (Fsp3) is 0.231.